The van der Waals surface area contributed by atoms with Gasteiger partial charge in [0.05, 0.1) is 11.7 Å². The summed E-state index contributed by atoms with van der Waals surface area (Å²) in [6.45, 7) is 7.33. The highest BCUT2D eigenvalue weighted by molar-refractivity contribution is 5.82. The highest BCUT2D eigenvalue weighted by atomic mass is 16.2. The van der Waals surface area contributed by atoms with E-state index in [4.69, 9.17) is 0 Å². The summed E-state index contributed by atoms with van der Waals surface area (Å²) in [5.41, 5.74) is 2.23. The van der Waals surface area contributed by atoms with Crippen molar-refractivity contribution in [2.45, 2.75) is 32.4 Å². The van der Waals surface area contributed by atoms with E-state index in [1.807, 2.05) is 18.0 Å². The van der Waals surface area contributed by atoms with Crippen molar-refractivity contribution in [3.63, 3.8) is 0 Å². The van der Waals surface area contributed by atoms with Crippen LogP contribution in [0.25, 0.3) is 0 Å². The van der Waals surface area contributed by atoms with E-state index in [1.54, 1.807) is 0 Å². The molecule has 1 unspecified atom stereocenters. The van der Waals surface area contributed by atoms with Gasteiger partial charge in [0.25, 0.3) is 0 Å². The summed E-state index contributed by atoms with van der Waals surface area (Å²) in [6, 6.07) is 4.21. The zero-order chi connectivity index (χ0) is 14.7. The van der Waals surface area contributed by atoms with Crippen LogP contribution in [0, 0.1) is 6.92 Å². The number of carbonyl (C=O) groups is 1. The Kier molecular flexibility index (Phi) is 4.51. The molecule has 0 radical (unpaired) electrons. The van der Waals surface area contributed by atoms with Gasteiger partial charge in [0.15, 0.2) is 0 Å². The zero-order valence-corrected chi connectivity index (χ0v) is 12.7. The molecule has 3 rings (SSSR count). The maximum Gasteiger partial charge on any atom is 0.240 e. The van der Waals surface area contributed by atoms with E-state index < -0.39 is 0 Å². The molecule has 1 atom stereocenters. The Hall–Kier alpha value is -1.46. The Morgan fingerprint density at radius 1 is 1.33 bits per heavy atom. The topological polar surface area (TPSA) is 48.5 Å². The number of hydrogen-bond donors (Lipinski definition) is 1. The van der Waals surface area contributed by atoms with Crippen LogP contribution < -0.4 is 5.32 Å². The Bertz CT molecular complexity index is 482. The first-order valence-electron chi connectivity index (χ1n) is 7.89. The number of nitrogens with one attached hydrogen (secondary N) is 1. The zero-order valence-electron chi connectivity index (χ0n) is 12.7. The second kappa shape index (κ2) is 6.54. The summed E-state index contributed by atoms with van der Waals surface area (Å²) < 4.78 is 0. The number of rotatable bonds is 3. The first-order chi connectivity index (χ1) is 10.2. The molecule has 2 aliphatic rings. The van der Waals surface area contributed by atoms with E-state index in [0.29, 0.717) is 5.91 Å². The predicted octanol–water partition coefficient (Wildman–Crippen LogP) is 0.786. The molecule has 3 heterocycles. The van der Waals surface area contributed by atoms with Gasteiger partial charge in [0.1, 0.15) is 0 Å². The fourth-order valence-corrected chi connectivity index (χ4v) is 3.19. The molecule has 1 aromatic heterocycles. The van der Waals surface area contributed by atoms with Gasteiger partial charge in [-0.25, -0.2) is 0 Å². The smallest absolute Gasteiger partial charge is 0.240 e. The van der Waals surface area contributed by atoms with Gasteiger partial charge in [-0.15, -0.1) is 0 Å². The third-order valence-electron chi connectivity index (χ3n) is 4.42. The van der Waals surface area contributed by atoms with Crippen molar-refractivity contribution in [1.29, 1.82) is 0 Å². The molecule has 2 aliphatic heterocycles. The number of nitrogens with zero attached hydrogens (tertiary/aromatic N) is 3. The SMILES string of the molecule is Cc1ccc(CN2CCCC2C(=O)N2CCNCC2)nc1. The lowest BCUT2D eigenvalue weighted by Crippen LogP contribution is -2.52. The normalized spacial score (nSPS) is 23.5. The van der Waals surface area contributed by atoms with Crippen molar-refractivity contribution in [1.82, 2.24) is 20.1 Å². The van der Waals surface area contributed by atoms with Gasteiger partial charge in [-0.05, 0) is 37.9 Å². The summed E-state index contributed by atoms with van der Waals surface area (Å²) in [4.78, 5) is 21.5. The quantitative estimate of drug-likeness (QED) is 0.893. The van der Waals surface area contributed by atoms with Crippen LogP contribution in [0.1, 0.15) is 24.1 Å². The number of aromatic nitrogens is 1. The summed E-state index contributed by atoms with van der Waals surface area (Å²) in [6.07, 6.45) is 3.99. The van der Waals surface area contributed by atoms with E-state index in [1.165, 1.54) is 5.56 Å². The second-order valence-corrected chi connectivity index (χ2v) is 6.03. The maximum absolute atomic E-state index is 12.7. The van der Waals surface area contributed by atoms with Crippen LogP contribution in [0.4, 0.5) is 0 Å². The molecule has 0 spiro atoms. The molecule has 0 aromatic carbocycles. The first-order valence-corrected chi connectivity index (χ1v) is 7.89. The average Bonchev–Trinajstić information content (AvgIpc) is 2.98. The molecule has 0 saturated carbocycles. The first kappa shape index (κ1) is 14.5. The van der Waals surface area contributed by atoms with Gasteiger partial charge in [-0.1, -0.05) is 6.07 Å². The summed E-state index contributed by atoms with van der Waals surface area (Å²) in [7, 11) is 0. The Morgan fingerprint density at radius 3 is 2.86 bits per heavy atom. The van der Waals surface area contributed by atoms with Gasteiger partial charge in [0.2, 0.25) is 5.91 Å². The number of amides is 1. The van der Waals surface area contributed by atoms with Crippen LogP contribution in [-0.2, 0) is 11.3 Å². The standard InChI is InChI=1S/C16H24N4O/c1-13-4-5-14(18-11-13)12-20-8-2-3-15(20)16(21)19-9-6-17-7-10-19/h4-5,11,15,17H,2-3,6-10,12H2,1H3. The van der Waals surface area contributed by atoms with Crippen molar-refractivity contribution < 1.29 is 4.79 Å². The van der Waals surface area contributed by atoms with Crippen molar-refractivity contribution >= 4 is 5.91 Å². The van der Waals surface area contributed by atoms with Gasteiger partial charge < -0.3 is 10.2 Å². The van der Waals surface area contributed by atoms with Gasteiger partial charge in [-0.2, -0.15) is 0 Å². The third kappa shape index (κ3) is 3.41. The summed E-state index contributed by atoms with van der Waals surface area (Å²) in [5.74, 6) is 0.307. The predicted molar refractivity (Wildman–Crippen MR) is 81.9 cm³/mol. The van der Waals surface area contributed by atoms with E-state index in [9.17, 15) is 4.79 Å². The molecule has 5 nitrogen and oxygen atoms in total. The molecule has 0 aliphatic carbocycles. The lowest BCUT2D eigenvalue weighted by molar-refractivity contribution is -0.136. The minimum Gasteiger partial charge on any atom is -0.339 e. The molecule has 5 heteroatoms. The van der Waals surface area contributed by atoms with Gasteiger partial charge in [-0.3, -0.25) is 14.7 Å². The fourth-order valence-electron chi connectivity index (χ4n) is 3.19. The second-order valence-electron chi connectivity index (χ2n) is 6.03. The number of hydrogen-bond acceptors (Lipinski definition) is 4. The molecule has 1 amide bonds. The minimum absolute atomic E-state index is 0.0474. The van der Waals surface area contributed by atoms with Crippen molar-refractivity contribution in [3.8, 4) is 0 Å². The van der Waals surface area contributed by atoms with Crippen LogP contribution in [0.5, 0.6) is 0 Å². The largest absolute Gasteiger partial charge is 0.339 e. The average molecular weight is 288 g/mol. The fraction of sp³-hybridized carbons (Fsp3) is 0.625. The molecule has 1 aromatic rings. The monoisotopic (exact) mass is 288 g/mol. The Balaban J connectivity index is 1.64. The van der Waals surface area contributed by atoms with Crippen LogP contribution in [0.3, 0.4) is 0 Å². The number of aryl methyl sites for hydroxylation is 1. The molecule has 2 saturated heterocycles. The lowest BCUT2D eigenvalue weighted by Gasteiger charge is -2.32. The number of carbonyl (C=O) groups excluding carboxylic acids is 1. The number of likely N-dealkylation sites (tertiary alicyclic amines) is 1. The Morgan fingerprint density at radius 2 is 2.14 bits per heavy atom. The number of pyridine rings is 1. The maximum atomic E-state index is 12.7. The summed E-state index contributed by atoms with van der Waals surface area (Å²) in [5, 5.41) is 3.30. The van der Waals surface area contributed by atoms with E-state index in [0.717, 1.165) is 57.8 Å². The van der Waals surface area contributed by atoms with E-state index in [2.05, 4.69) is 27.3 Å². The molecule has 114 valence electrons. The minimum atomic E-state index is 0.0474. The number of piperazine rings is 1. The molecule has 2 fully saturated rings. The van der Waals surface area contributed by atoms with Crippen molar-refractivity contribution in [3.05, 3.63) is 29.6 Å². The third-order valence-corrected chi connectivity index (χ3v) is 4.42. The van der Waals surface area contributed by atoms with Crippen LogP contribution in [-0.4, -0.2) is 59.5 Å². The summed E-state index contributed by atoms with van der Waals surface area (Å²) >= 11 is 0. The lowest BCUT2D eigenvalue weighted by atomic mass is 10.1. The van der Waals surface area contributed by atoms with Crippen LogP contribution >= 0.6 is 0 Å². The van der Waals surface area contributed by atoms with Crippen molar-refractivity contribution in [2.24, 2.45) is 0 Å². The molecular weight excluding hydrogens is 264 g/mol. The molecule has 21 heavy (non-hydrogen) atoms. The Labute approximate surface area is 126 Å². The highest BCUT2D eigenvalue weighted by Crippen LogP contribution is 2.21. The highest BCUT2D eigenvalue weighted by Gasteiger charge is 2.34. The molecular formula is C16H24N4O. The van der Waals surface area contributed by atoms with Crippen LogP contribution in [0.15, 0.2) is 18.3 Å². The van der Waals surface area contributed by atoms with Crippen LogP contribution in [0.2, 0.25) is 0 Å². The van der Waals surface area contributed by atoms with Gasteiger partial charge >= 0.3 is 0 Å². The van der Waals surface area contributed by atoms with E-state index in [-0.39, 0.29) is 6.04 Å². The molecule has 0 bridgehead atoms. The van der Waals surface area contributed by atoms with Crippen molar-refractivity contribution in [2.75, 3.05) is 32.7 Å². The van der Waals surface area contributed by atoms with E-state index >= 15 is 0 Å². The molecule has 1 N–H and O–H groups in total. The van der Waals surface area contributed by atoms with Gasteiger partial charge in [0, 0.05) is 38.9 Å².